The molecule has 2 bridgehead atoms. The van der Waals surface area contributed by atoms with Gasteiger partial charge in [-0.25, -0.2) is 0 Å². The summed E-state index contributed by atoms with van der Waals surface area (Å²) in [5, 5.41) is 6.10. The summed E-state index contributed by atoms with van der Waals surface area (Å²) in [5.74, 6) is 5.43. The van der Waals surface area contributed by atoms with Crippen LogP contribution in [-0.4, -0.2) is 12.6 Å². The molecular weight excluding hydrogens is 250 g/mol. The van der Waals surface area contributed by atoms with Gasteiger partial charge < -0.3 is 5.32 Å². The predicted octanol–water partition coefficient (Wildman–Crippen LogP) is 3.95. The van der Waals surface area contributed by atoms with Crippen LogP contribution in [-0.2, 0) is 6.42 Å². The molecule has 0 spiro atoms. The highest BCUT2D eigenvalue weighted by atomic mass is 32.1. The molecule has 104 valence electrons. The van der Waals surface area contributed by atoms with Gasteiger partial charge in [-0.1, -0.05) is 13.0 Å². The van der Waals surface area contributed by atoms with E-state index in [1.54, 1.807) is 24.1 Å². The van der Waals surface area contributed by atoms with Gasteiger partial charge in [-0.2, -0.15) is 0 Å². The molecule has 2 heteroatoms. The fourth-order valence-corrected chi connectivity index (χ4v) is 6.01. The highest BCUT2D eigenvalue weighted by Crippen LogP contribution is 2.70. The van der Waals surface area contributed by atoms with E-state index in [2.05, 4.69) is 29.8 Å². The first kappa shape index (κ1) is 12.4. The minimum Gasteiger partial charge on any atom is -0.313 e. The van der Waals surface area contributed by atoms with Gasteiger partial charge in [0.1, 0.15) is 0 Å². The zero-order chi connectivity index (χ0) is 12.8. The first-order valence-corrected chi connectivity index (χ1v) is 9.02. The average Bonchev–Trinajstić information content (AvgIpc) is 2.83. The van der Waals surface area contributed by atoms with Crippen LogP contribution in [0.3, 0.4) is 0 Å². The second kappa shape index (κ2) is 4.89. The molecule has 1 nitrogen and oxygen atoms in total. The van der Waals surface area contributed by atoms with Crippen molar-refractivity contribution in [3.8, 4) is 0 Å². The van der Waals surface area contributed by atoms with Gasteiger partial charge >= 0.3 is 0 Å². The van der Waals surface area contributed by atoms with Crippen LogP contribution in [0.25, 0.3) is 0 Å². The Morgan fingerprint density at radius 3 is 2.74 bits per heavy atom. The number of hydrogen-bond donors (Lipinski definition) is 1. The van der Waals surface area contributed by atoms with Gasteiger partial charge in [-0.3, -0.25) is 0 Å². The lowest BCUT2D eigenvalue weighted by molar-refractivity contribution is 0.362. The molecule has 0 aliphatic heterocycles. The maximum absolute atomic E-state index is 3.87. The lowest BCUT2D eigenvalue weighted by atomic mass is 9.95. The monoisotopic (exact) mass is 275 g/mol. The first-order valence-electron chi connectivity index (χ1n) is 8.14. The van der Waals surface area contributed by atoms with Gasteiger partial charge in [0.05, 0.1) is 0 Å². The lowest BCUT2D eigenvalue weighted by Crippen LogP contribution is -2.35. The van der Waals surface area contributed by atoms with Gasteiger partial charge in [0, 0.05) is 10.9 Å². The molecule has 5 unspecified atom stereocenters. The maximum atomic E-state index is 3.87. The van der Waals surface area contributed by atoms with Gasteiger partial charge in [0.2, 0.25) is 0 Å². The average molecular weight is 275 g/mol. The van der Waals surface area contributed by atoms with Crippen LogP contribution in [0.4, 0.5) is 0 Å². The third kappa shape index (κ3) is 2.08. The van der Waals surface area contributed by atoms with Crippen molar-refractivity contribution >= 4 is 11.3 Å². The molecule has 3 aliphatic rings. The summed E-state index contributed by atoms with van der Waals surface area (Å²) >= 11 is 1.94. The summed E-state index contributed by atoms with van der Waals surface area (Å²) in [6.45, 7) is 3.48. The van der Waals surface area contributed by atoms with E-state index in [-0.39, 0.29) is 0 Å². The number of fused-ring (bicyclic) bond motifs is 5. The van der Waals surface area contributed by atoms with Gasteiger partial charge in [-0.05, 0) is 79.7 Å². The van der Waals surface area contributed by atoms with Crippen molar-refractivity contribution in [3.63, 3.8) is 0 Å². The molecule has 1 heterocycles. The zero-order valence-electron chi connectivity index (χ0n) is 11.8. The van der Waals surface area contributed by atoms with Crippen molar-refractivity contribution < 1.29 is 0 Å². The highest BCUT2D eigenvalue weighted by Gasteiger charge is 2.66. The molecule has 0 saturated heterocycles. The Labute approximate surface area is 120 Å². The van der Waals surface area contributed by atoms with E-state index in [9.17, 15) is 0 Å². The Hall–Kier alpha value is -0.340. The van der Waals surface area contributed by atoms with Crippen molar-refractivity contribution in [1.29, 1.82) is 0 Å². The molecule has 1 aromatic rings. The van der Waals surface area contributed by atoms with Crippen molar-refractivity contribution in [2.24, 2.45) is 29.6 Å². The first-order chi connectivity index (χ1) is 9.38. The molecule has 0 aromatic carbocycles. The Morgan fingerprint density at radius 1 is 1.32 bits per heavy atom. The smallest absolute Gasteiger partial charge is 0.0149 e. The molecule has 3 fully saturated rings. The quantitative estimate of drug-likeness (QED) is 0.829. The molecule has 3 saturated carbocycles. The number of thiophene rings is 1. The lowest BCUT2D eigenvalue weighted by Gasteiger charge is -2.21. The minimum absolute atomic E-state index is 0.761. The molecule has 5 atom stereocenters. The standard InChI is InChI=1S/C17H25NS/c1-2-7-18-14(10-13-4-3-8-19-13)17-15-11-5-6-12(9-11)16(15)17/h3-4,8,11-12,14-18H,2,5-7,9-10H2,1H3. The van der Waals surface area contributed by atoms with Crippen molar-refractivity contribution in [2.45, 2.75) is 45.1 Å². The van der Waals surface area contributed by atoms with E-state index < -0.39 is 0 Å². The highest BCUT2D eigenvalue weighted by molar-refractivity contribution is 7.09. The molecule has 1 aromatic heterocycles. The van der Waals surface area contributed by atoms with Gasteiger partial charge in [0.15, 0.2) is 0 Å². The van der Waals surface area contributed by atoms with Crippen LogP contribution in [0.2, 0.25) is 0 Å². The molecule has 3 aliphatic carbocycles. The van der Waals surface area contributed by atoms with Crippen LogP contribution in [0.1, 0.15) is 37.5 Å². The SMILES string of the molecule is CCCNC(Cc1cccs1)C1C2C3CCC(C3)C21. The largest absolute Gasteiger partial charge is 0.313 e. The topological polar surface area (TPSA) is 12.0 Å². The molecule has 0 amide bonds. The second-order valence-electron chi connectivity index (χ2n) is 6.91. The molecule has 4 rings (SSSR count). The third-order valence-electron chi connectivity index (χ3n) is 5.92. The number of hydrogen-bond acceptors (Lipinski definition) is 2. The normalized spacial score (nSPS) is 40.4. The van der Waals surface area contributed by atoms with Crippen LogP contribution in [0.5, 0.6) is 0 Å². The molecular formula is C17H25NS. The number of nitrogens with one attached hydrogen (secondary N) is 1. The van der Waals surface area contributed by atoms with E-state index >= 15 is 0 Å². The van der Waals surface area contributed by atoms with Crippen LogP contribution >= 0.6 is 11.3 Å². The number of rotatable bonds is 6. The van der Waals surface area contributed by atoms with Crippen LogP contribution in [0.15, 0.2) is 17.5 Å². The fourth-order valence-electron chi connectivity index (χ4n) is 5.25. The second-order valence-corrected chi connectivity index (χ2v) is 7.94. The van der Waals surface area contributed by atoms with Crippen molar-refractivity contribution in [1.82, 2.24) is 5.32 Å². The van der Waals surface area contributed by atoms with Gasteiger partial charge in [0.25, 0.3) is 0 Å². The zero-order valence-corrected chi connectivity index (χ0v) is 12.7. The molecule has 19 heavy (non-hydrogen) atoms. The summed E-state index contributed by atoms with van der Waals surface area (Å²) in [6, 6.07) is 5.28. The summed E-state index contributed by atoms with van der Waals surface area (Å²) < 4.78 is 0. The Morgan fingerprint density at radius 2 is 2.11 bits per heavy atom. The van der Waals surface area contributed by atoms with Gasteiger partial charge in [-0.15, -0.1) is 11.3 Å². The van der Waals surface area contributed by atoms with E-state index in [1.165, 1.54) is 19.4 Å². The summed E-state index contributed by atoms with van der Waals surface area (Å²) in [6.07, 6.45) is 7.19. The summed E-state index contributed by atoms with van der Waals surface area (Å²) in [4.78, 5) is 1.57. The van der Waals surface area contributed by atoms with Crippen molar-refractivity contribution in [3.05, 3.63) is 22.4 Å². The predicted molar refractivity (Wildman–Crippen MR) is 81.4 cm³/mol. The van der Waals surface area contributed by atoms with Crippen molar-refractivity contribution in [2.75, 3.05) is 6.54 Å². The summed E-state index contributed by atoms with van der Waals surface area (Å²) in [7, 11) is 0. The Bertz CT molecular complexity index is 410. The van der Waals surface area contributed by atoms with Crippen LogP contribution < -0.4 is 5.32 Å². The minimum atomic E-state index is 0.761. The van der Waals surface area contributed by atoms with E-state index in [4.69, 9.17) is 0 Å². The molecule has 0 radical (unpaired) electrons. The maximum Gasteiger partial charge on any atom is 0.0149 e. The summed E-state index contributed by atoms with van der Waals surface area (Å²) in [5.41, 5.74) is 0. The Balaban J connectivity index is 1.45. The van der Waals surface area contributed by atoms with E-state index in [1.807, 2.05) is 11.3 Å². The fraction of sp³-hybridized carbons (Fsp3) is 0.765. The third-order valence-corrected chi connectivity index (χ3v) is 6.82. The van der Waals surface area contributed by atoms with E-state index in [0.29, 0.717) is 0 Å². The van der Waals surface area contributed by atoms with E-state index in [0.717, 1.165) is 35.6 Å². The molecule has 1 N–H and O–H groups in total. The Kier molecular flexibility index (Phi) is 3.19. The van der Waals surface area contributed by atoms with Crippen LogP contribution in [0, 0.1) is 29.6 Å².